The largest absolute Gasteiger partial charge is 0.386 e. The Morgan fingerprint density at radius 2 is 2.08 bits per heavy atom. The van der Waals surface area contributed by atoms with Crippen LogP contribution in [0, 0.1) is 0 Å². The molecule has 1 rings (SSSR count). The molecule has 2 atom stereocenters. The number of aliphatic hydroxyl groups is 2. The summed E-state index contributed by atoms with van der Waals surface area (Å²) in [5.41, 5.74) is -1.07. The molecule has 0 aromatic rings. The van der Waals surface area contributed by atoms with E-state index in [1.807, 2.05) is 6.92 Å². The van der Waals surface area contributed by atoms with Crippen LogP contribution in [0.5, 0.6) is 0 Å². The molecule has 3 nitrogen and oxygen atoms in total. The minimum Gasteiger partial charge on any atom is -0.386 e. The maximum Gasteiger partial charge on any atom is 0.119 e. The highest BCUT2D eigenvalue weighted by Gasteiger charge is 2.25. The van der Waals surface area contributed by atoms with E-state index in [-0.39, 0.29) is 0 Å². The van der Waals surface area contributed by atoms with Gasteiger partial charge >= 0.3 is 0 Å². The fourth-order valence-electron chi connectivity index (χ4n) is 0.713. The standard InChI is InChI=1S/C7H10O2.C3H6O/c1-7(9)5-3-2-4-6(7)8;1-2-3-4/h2-6,8-9H,1H3;3H,2H2,1H3. The van der Waals surface area contributed by atoms with E-state index in [2.05, 4.69) is 0 Å². The van der Waals surface area contributed by atoms with Crippen molar-refractivity contribution in [1.29, 1.82) is 0 Å². The summed E-state index contributed by atoms with van der Waals surface area (Å²) >= 11 is 0. The van der Waals surface area contributed by atoms with Crippen LogP contribution in [0.3, 0.4) is 0 Å². The second-order valence-electron chi connectivity index (χ2n) is 2.99. The zero-order valence-electron chi connectivity index (χ0n) is 7.97. The summed E-state index contributed by atoms with van der Waals surface area (Å²) in [6.45, 7) is 3.38. The number of carbonyl (C=O) groups excluding carboxylic acids is 1. The molecular weight excluding hydrogens is 168 g/mol. The van der Waals surface area contributed by atoms with Gasteiger partial charge in [-0.3, -0.25) is 0 Å². The minimum absolute atomic E-state index is 0.639. The van der Waals surface area contributed by atoms with Gasteiger partial charge in [0.05, 0.1) is 0 Å². The first-order valence-corrected chi connectivity index (χ1v) is 4.24. The lowest BCUT2D eigenvalue weighted by atomic mass is 9.95. The van der Waals surface area contributed by atoms with Crippen LogP contribution in [0.25, 0.3) is 0 Å². The molecule has 0 spiro atoms. The van der Waals surface area contributed by atoms with Gasteiger partial charge in [-0.15, -0.1) is 0 Å². The third-order valence-electron chi connectivity index (χ3n) is 1.60. The SMILES string of the molecule is CC1(O)C=CC=CC1O.CCC=O. The fourth-order valence-corrected chi connectivity index (χ4v) is 0.713. The number of hydrogen-bond acceptors (Lipinski definition) is 3. The summed E-state index contributed by atoms with van der Waals surface area (Å²) in [5.74, 6) is 0. The molecule has 0 amide bonds. The maximum atomic E-state index is 9.25. The molecule has 13 heavy (non-hydrogen) atoms. The molecule has 1 aliphatic rings. The van der Waals surface area contributed by atoms with Crippen LogP contribution >= 0.6 is 0 Å². The van der Waals surface area contributed by atoms with Crippen LogP contribution in [0.2, 0.25) is 0 Å². The number of aliphatic hydroxyl groups excluding tert-OH is 1. The van der Waals surface area contributed by atoms with Crippen LogP contribution in [-0.2, 0) is 4.79 Å². The number of aldehydes is 1. The normalized spacial score (nSPS) is 30.6. The van der Waals surface area contributed by atoms with E-state index in [0.717, 1.165) is 6.29 Å². The summed E-state index contributed by atoms with van der Waals surface area (Å²) in [4.78, 5) is 9.17. The summed E-state index contributed by atoms with van der Waals surface area (Å²) in [6, 6.07) is 0. The van der Waals surface area contributed by atoms with Gasteiger partial charge in [-0.1, -0.05) is 31.2 Å². The smallest absolute Gasteiger partial charge is 0.119 e. The zero-order valence-corrected chi connectivity index (χ0v) is 7.97. The average molecular weight is 184 g/mol. The van der Waals surface area contributed by atoms with Crippen molar-refractivity contribution in [3.05, 3.63) is 24.3 Å². The number of rotatable bonds is 1. The molecule has 0 aromatic heterocycles. The topological polar surface area (TPSA) is 57.5 Å². The second-order valence-corrected chi connectivity index (χ2v) is 2.99. The van der Waals surface area contributed by atoms with Gasteiger partial charge in [0, 0.05) is 6.42 Å². The van der Waals surface area contributed by atoms with Crippen molar-refractivity contribution in [2.45, 2.75) is 32.0 Å². The lowest BCUT2D eigenvalue weighted by Gasteiger charge is -2.24. The molecule has 0 aromatic carbocycles. The first kappa shape index (κ1) is 12.1. The summed E-state index contributed by atoms with van der Waals surface area (Å²) in [7, 11) is 0. The molecule has 0 aliphatic heterocycles. The van der Waals surface area contributed by atoms with Gasteiger partial charge in [-0.2, -0.15) is 0 Å². The van der Waals surface area contributed by atoms with Crippen LogP contribution in [-0.4, -0.2) is 28.2 Å². The quantitative estimate of drug-likeness (QED) is 0.593. The highest BCUT2D eigenvalue weighted by atomic mass is 16.3. The first-order chi connectivity index (χ1) is 6.04. The number of hydrogen-bond donors (Lipinski definition) is 2. The van der Waals surface area contributed by atoms with E-state index in [9.17, 15) is 9.90 Å². The van der Waals surface area contributed by atoms with E-state index in [4.69, 9.17) is 5.11 Å². The Morgan fingerprint density at radius 1 is 1.54 bits per heavy atom. The molecule has 0 saturated carbocycles. The summed E-state index contributed by atoms with van der Waals surface area (Å²) in [6.07, 6.45) is 7.30. The van der Waals surface area contributed by atoms with Gasteiger partial charge in [-0.25, -0.2) is 0 Å². The Kier molecular flexibility index (Phi) is 5.26. The van der Waals surface area contributed by atoms with Gasteiger partial charge in [0.15, 0.2) is 0 Å². The monoisotopic (exact) mass is 184 g/mol. The van der Waals surface area contributed by atoms with Gasteiger partial charge in [0.1, 0.15) is 18.0 Å². The molecule has 0 heterocycles. The predicted octanol–water partition coefficient (Wildman–Crippen LogP) is 0.820. The van der Waals surface area contributed by atoms with Crippen molar-refractivity contribution >= 4 is 6.29 Å². The maximum absolute atomic E-state index is 9.25. The Labute approximate surface area is 78.4 Å². The van der Waals surface area contributed by atoms with Gasteiger partial charge in [-0.05, 0) is 6.92 Å². The molecule has 0 bridgehead atoms. The van der Waals surface area contributed by atoms with Crippen LogP contribution < -0.4 is 0 Å². The summed E-state index contributed by atoms with van der Waals surface area (Å²) in [5, 5.41) is 18.3. The Balaban J connectivity index is 0.000000310. The average Bonchev–Trinajstić information content (AvgIpc) is 2.11. The van der Waals surface area contributed by atoms with E-state index < -0.39 is 11.7 Å². The third-order valence-corrected chi connectivity index (χ3v) is 1.60. The minimum atomic E-state index is -1.07. The molecule has 0 fully saturated rings. The fraction of sp³-hybridized carbons (Fsp3) is 0.500. The molecule has 0 saturated heterocycles. The van der Waals surface area contributed by atoms with Crippen molar-refractivity contribution in [1.82, 2.24) is 0 Å². The van der Waals surface area contributed by atoms with Crippen molar-refractivity contribution in [3.8, 4) is 0 Å². The van der Waals surface area contributed by atoms with Crippen molar-refractivity contribution in [3.63, 3.8) is 0 Å². The second kappa shape index (κ2) is 5.67. The van der Waals surface area contributed by atoms with E-state index in [1.54, 1.807) is 31.2 Å². The summed E-state index contributed by atoms with van der Waals surface area (Å²) < 4.78 is 0. The van der Waals surface area contributed by atoms with E-state index >= 15 is 0 Å². The van der Waals surface area contributed by atoms with E-state index in [1.165, 1.54) is 0 Å². The van der Waals surface area contributed by atoms with Gasteiger partial charge in [0.2, 0.25) is 0 Å². The molecule has 0 radical (unpaired) electrons. The zero-order chi connectivity index (χ0) is 10.3. The molecule has 1 aliphatic carbocycles. The predicted molar refractivity (Wildman–Crippen MR) is 51.3 cm³/mol. The number of allylic oxidation sites excluding steroid dienone is 2. The third kappa shape index (κ3) is 4.60. The molecule has 2 N–H and O–H groups in total. The van der Waals surface area contributed by atoms with Crippen molar-refractivity contribution < 1.29 is 15.0 Å². The number of carbonyl (C=O) groups is 1. The van der Waals surface area contributed by atoms with Crippen LogP contribution in [0.4, 0.5) is 0 Å². The molecule has 74 valence electrons. The van der Waals surface area contributed by atoms with Gasteiger partial charge in [0.25, 0.3) is 0 Å². The van der Waals surface area contributed by atoms with E-state index in [0.29, 0.717) is 6.42 Å². The lowest BCUT2D eigenvalue weighted by Crippen LogP contribution is -2.36. The lowest BCUT2D eigenvalue weighted by molar-refractivity contribution is -0.107. The first-order valence-electron chi connectivity index (χ1n) is 4.24. The van der Waals surface area contributed by atoms with Gasteiger partial charge < -0.3 is 15.0 Å². The molecule has 3 heteroatoms. The Hall–Kier alpha value is -0.930. The van der Waals surface area contributed by atoms with Crippen LogP contribution in [0.1, 0.15) is 20.3 Å². The Bertz CT molecular complexity index is 204. The van der Waals surface area contributed by atoms with Crippen molar-refractivity contribution in [2.24, 2.45) is 0 Å². The molecular formula is C10H16O3. The Morgan fingerprint density at radius 3 is 2.31 bits per heavy atom. The highest BCUT2D eigenvalue weighted by Crippen LogP contribution is 2.16. The van der Waals surface area contributed by atoms with Crippen molar-refractivity contribution in [2.75, 3.05) is 0 Å². The highest BCUT2D eigenvalue weighted by molar-refractivity contribution is 5.48. The van der Waals surface area contributed by atoms with Crippen LogP contribution in [0.15, 0.2) is 24.3 Å². The molecule has 2 unspecified atom stereocenters.